The molecule has 1 aromatic rings. The Morgan fingerprint density at radius 2 is 2.00 bits per heavy atom. The lowest BCUT2D eigenvalue weighted by Gasteiger charge is -2.27. The summed E-state index contributed by atoms with van der Waals surface area (Å²) >= 11 is 0.996. The van der Waals surface area contributed by atoms with Gasteiger partial charge in [-0.2, -0.15) is 0 Å². The molecule has 1 unspecified atom stereocenters. The minimum absolute atomic E-state index is 0.118. The first-order chi connectivity index (χ1) is 10.3. The first-order valence-corrected chi connectivity index (χ1v) is 9.86. The fourth-order valence-corrected chi connectivity index (χ4v) is 4.01. The first-order valence-electron chi connectivity index (χ1n) is 7.15. The zero-order valence-corrected chi connectivity index (χ0v) is 14.3. The minimum atomic E-state index is -3.39. The van der Waals surface area contributed by atoms with Gasteiger partial charge in [0.25, 0.3) is 0 Å². The van der Waals surface area contributed by atoms with Crippen LogP contribution in [0.3, 0.4) is 0 Å². The van der Waals surface area contributed by atoms with Crippen LogP contribution in [0.5, 0.6) is 0 Å². The molecule has 0 radical (unpaired) electrons. The van der Waals surface area contributed by atoms with Crippen LogP contribution in [0.25, 0.3) is 0 Å². The third-order valence-electron chi connectivity index (χ3n) is 3.64. The standard InChI is InChI=1S/C12H21N5O3S2/c1-8(9-3-5-13-6-4-9)7-10(18)14-11-15-16-12(21-11)17-22(2,19)20/h8-9,13H,3-7H2,1-2H3,(H,16,17)(H,14,15,18). The van der Waals surface area contributed by atoms with Crippen LogP contribution in [0.15, 0.2) is 0 Å². The highest BCUT2D eigenvalue weighted by molar-refractivity contribution is 7.92. The number of piperidine rings is 1. The Morgan fingerprint density at radius 1 is 1.36 bits per heavy atom. The number of hydrogen-bond donors (Lipinski definition) is 3. The summed E-state index contributed by atoms with van der Waals surface area (Å²) < 4.78 is 24.4. The van der Waals surface area contributed by atoms with E-state index in [0.29, 0.717) is 23.4 Å². The van der Waals surface area contributed by atoms with Crippen molar-refractivity contribution < 1.29 is 13.2 Å². The summed E-state index contributed by atoms with van der Waals surface area (Å²) in [7, 11) is -3.39. The van der Waals surface area contributed by atoms with Crippen LogP contribution in [0, 0.1) is 11.8 Å². The maximum absolute atomic E-state index is 12.0. The average molecular weight is 347 g/mol. The Morgan fingerprint density at radius 3 is 2.64 bits per heavy atom. The zero-order valence-electron chi connectivity index (χ0n) is 12.6. The summed E-state index contributed by atoms with van der Waals surface area (Å²) in [5, 5.41) is 13.9. The molecule has 1 aromatic heterocycles. The van der Waals surface area contributed by atoms with Crippen LogP contribution in [0.2, 0.25) is 0 Å². The zero-order chi connectivity index (χ0) is 16.2. The maximum Gasteiger partial charge on any atom is 0.231 e. The number of anilines is 2. The number of carbonyl (C=O) groups excluding carboxylic acids is 1. The molecule has 0 saturated carbocycles. The van der Waals surface area contributed by atoms with Crippen LogP contribution in [-0.2, 0) is 14.8 Å². The number of nitrogens with one attached hydrogen (secondary N) is 3. The third kappa shape index (κ3) is 5.50. The average Bonchev–Trinajstić information content (AvgIpc) is 2.84. The van der Waals surface area contributed by atoms with Crippen LogP contribution in [-0.4, -0.2) is 43.9 Å². The summed E-state index contributed by atoms with van der Waals surface area (Å²) in [5.41, 5.74) is 0. The number of hydrogen-bond acceptors (Lipinski definition) is 7. The molecule has 22 heavy (non-hydrogen) atoms. The second-order valence-electron chi connectivity index (χ2n) is 5.60. The molecule has 1 fully saturated rings. The summed E-state index contributed by atoms with van der Waals surface area (Å²) in [4.78, 5) is 12.0. The Hall–Kier alpha value is -1.26. The van der Waals surface area contributed by atoms with Gasteiger partial charge >= 0.3 is 0 Å². The summed E-state index contributed by atoms with van der Waals surface area (Å²) in [6.07, 6.45) is 3.65. The van der Waals surface area contributed by atoms with Gasteiger partial charge in [0.15, 0.2) is 0 Å². The van der Waals surface area contributed by atoms with Gasteiger partial charge in [0.05, 0.1) is 6.26 Å². The fourth-order valence-electron chi connectivity index (χ4n) is 2.52. The molecule has 1 aliphatic rings. The van der Waals surface area contributed by atoms with Gasteiger partial charge in [-0.1, -0.05) is 18.3 Å². The molecule has 1 aliphatic heterocycles. The molecule has 10 heteroatoms. The Kier molecular flexibility index (Phi) is 5.70. The molecule has 1 atom stereocenters. The van der Waals surface area contributed by atoms with Crippen LogP contribution >= 0.6 is 11.3 Å². The molecular weight excluding hydrogens is 326 g/mol. The van der Waals surface area contributed by atoms with E-state index >= 15 is 0 Å². The Bertz CT molecular complexity index is 610. The monoisotopic (exact) mass is 347 g/mol. The van der Waals surface area contributed by atoms with E-state index in [1.165, 1.54) is 0 Å². The lowest BCUT2D eigenvalue weighted by atomic mass is 9.84. The van der Waals surface area contributed by atoms with Gasteiger partial charge in [-0.3, -0.25) is 9.52 Å². The second-order valence-corrected chi connectivity index (χ2v) is 8.33. The van der Waals surface area contributed by atoms with Crippen molar-refractivity contribution in [2.75, 3.05) is 29.4 Å². The first kappa shape index (κ1) is 17.1. The van der Waals surface area contributed by atoms with Crippen molar-refractivity contribution >= 4 is 37.5 Å². The highest BCUT2D eigenvalue weighted by atomic mass is 32.2. The van der Waals surface area contributed by atoms with Gasteiger partial charge in [-0.05, 0) is 37.8 Å². The topological polar surface area (TPSA) is 113 Å². The lowest BCUT2D eigenvalue weighted by Crippen LogP contribution is -2.32. The van der Waals surface area contributed by atoms with E-state index in [2.05, 4.69) is 32.5 Å². The molecule has 1 amide bonds. The summed E-state index contributed by atoms with van der Waals surface area (Å²) in [6, 6.07) is 0. The van der Waals surface area contributed by atoms with E-state index in [9.17, 15) is 13.2 Å². The molecule has 124 valence electrons. The van der Waals surface area contributed by atoms with Crippen LogP contribution in [0.1, 0.15) is 26.2 Å². The molecule has 3 N–H and O–H groups in total. The van der Waals surface area contributed by atoms with Crippen molar-refractivity contribution in [1.29, 1.82) is 0 Å². The normalized spacial score (nSPS) is 17.9. The lowest BCUT2D eigenvalue weighted by molar-refractivity contribution is -0.117. The summed E-state index contributed by atoms with van der Waals surface area (Å²) in [6.45, 7) is 4.10. The van der Waals surface area contributed by atoms with Crippen molar-refractivity contribution in [3.8, 4) is 0 Å². The van der Waals surface area contributed by atoms with Crippen molar-refractivity contribution in [2.45, 2.75) is 26.2 Å². The maximum atomic E-state index is 12.0. The van der Waals surface area contributed by atoms with Crippen molar-refractivity contribution in [1.82, 2.24) is 15.5 Å². The number of nitrogens with zero attached hydrogens (tertiary/aromatic N) is 2. The molecule has 8 nitrogen and oxygen atoms in total. The molecule has 2 rings (SSSR count). The van der Waals surface area contributed by atoms with Crippen LogP contribution in [0.4, 0.5) is 10.3 Å². The van der Waals surface area contributed by atoms with Gasteiger partial charge in [-0.15, -0.1) is 10.2 Å². The van der Waals surface area contributed by atoms with E-state index in [4.69, 9.17) is 0 Å². The molecule has 0 bridgehead atoms. The van der Waals surface area contributed by atoms with Crippen molar-refractivity contribution in [3.05, 3.63) is 0 Å². The molecule has 0 spiro atoms. The Labute approximate surface area is 134 Å². The van der Waals surface area contributed by atoms with Crippen molar-refractivity contribution in [2.24, 2.45) is 11.8 Å². The van der Waals surface area contributed by atoms with Gasteiger partial charge < -0.3 is 10.6 Å². The molecule has 1 saturated heterocycles. The number of carbonyl (C=O) groups is 1. The number of aromatic nitrogens is 2. The second kappa shape index (κ2) is 7.34. The highest BCUT2D eigenvalue weighted by Crippen LogP contribution is 2.25. The third-order valence-corrected chi connectivity index (χ3v) is 5.09. The largest absolute Gasteiger partial charge is 0.317 e. The van der Waals surface area contributed by atoms with E-state index < -0.39 is 10.0 Å². The fraction of sp³-hybridized carbons (Fsp3) is 0.750. The van der Waals surface area contributed by atoms with Gasteiger partial charge in [0.2, 0.25) is 26.2 Å². The van der Waals surface area contributed by atoms with E-state index in [1.54, 1.807) is 0 Å². The van der Waals surface area contributed by atoms with E-state index in [0.717, 1.165) is 43.5 Å². The van der Waals surface area contributed by atoms with E-state index in [1.807, 2.05) is 0 Å². The summed E-state index contributed by atoms with van der Waals surface area (Å²) in [5.74, 6) is 0.751. The molecule has 2 heterocycles. The predicted molar refractivity (Wildman–Crippen MR) is 86.4 cm³/mol. The van der Waals surface area contributed by atoms with E-state index in [-0.39, 0.29) is 11.0 Å². The number of amides is 1. The number of sulfonamides is 1. The molecular formula is C12H21N5O3S2. The highest BCUT2D eigenvalue weighted by Gasteiger charge is 2.22. The predicted octanol–water partition coefficient (Wildman–Crippen LogP) is 0.874. The van der Waals surface area contributed by atoms with Gasteiger partial charge in [-0.25, -0.2) is 8.42 Å². The Balaban J connectivity index is 1.84. The number of rotatable bonds is 6. The smallest absolute Gasteiger partial charge is 0.231 e. The van der Waals surface area contributed by atoms with Crippen LogP contribution < -0.4 is 15.4 Å². The quantitative estimate of drug-likeness (QED) is 0.704. The van der Waals surface area contributed by atoms with Crippen molar-refractivity contribution in [3.63, 3.8) is 0 Å². The molecule has 0 aromatic carbocycles. The minimum Gasteiger partial charge on any atom is -0.317 e. The molecule has 0 aliphatic carbocycles. The van der Waals surface area contributed by atoms with Gasteiger partial charge in [0, 0.05) is 6.42 Å². The SMILES string of the molecule is CC(CC(=O)Nc1nnc(NS(C)(=O)=O)s1)C1CCNCC1. The van der Waals surface area contributed by atoms with Gasteiger partial charge in [0.1, 0.15) is 0 Å².